The molecule has 0 saturated carbocycles. The molecule has 1 aliphatic heterocycles. The summed E-state index contributed by atoms with van der Waals surface area (Å²) in [6.07, 6.45) is 3.97. The lowest BCUT2D eigenvalue weighted by molar-refractivity contribution is 0.147. The van der Waals surface area contributed by atoms with Crippen LogP contribution in [0.2, 0.25) is 0 Å². The number of hydrogen-bond acceptors (Lipinski definition) is 7. The summed E-state index contributed by atoms with van der Waals surface area (Å²) in [4.78, 5) is 28.0. The summed E-state index contributed by atoms with van der Waals surface area (Å²) in [7, 11) is -1.76. The molecule has 0 bridgehead atoms. The molecule has 1 aromatic heterocycles. The van der Waals surface area contributed by atoms with E-state index in [9.17, 15) is 18.0 Å². The van der Waals surface area contributed by atoms with Gasteiger partial charge in [-0.05, 0) is 74.5 Å². The number of nitrogens with two attached hydrogens (primary N) is 1. The van der Waals surface area contributed by atoms with E-state index in [4.69, 9.17) is 9.88 Å². The van der Waals surface area contributed by atoms with Gasteiger partial charge < -0.3 is 20.3 Å². The Morgan fingerprint density at radius 1 is 1.05 bits per heavy atom. The second kappa shape index (κ2) is 11.5. The Morgan fingerprint density at radius 2 is 1.80 bits per heavy atom. The SMILES string of the molecule is CN1CCCCC1C(NC(=O)Nc1ccc2c(cnn2C(=O)Oc2ccc(S(N)(=O)=O)cc2)c1)c1ccccc1. The first kappa shape index (κ1) is 27.3. The predicted molar refractivity (Wildman–Crippen MR) is 151 cm³/mol. The number of benzene rings is 3. The van der Waals surface area contributed by atoms with E-state index in [1.807, 2.05) is 30.3 Å². The van der Waals surface area contributed by atoms with Gasteiger partial charge in [0.15, 0.2) is 0 Å². The molecule has 1 saturated heterocycles. The minimum absolute atomic E-state index is 0.0956. The summed E-state index contributed by atoms with van der Waals surface area (Å²) in [5.41, 5.74) is 2.06. The van der Waals surface area contributed by atoms with E-state index in [-0.39, 0.29) is 28.8 Å². The molecule has 2 heterocycles. The largest absolute Gasteiger partial charge is 0.440 e. The number of carbonyl (C=O) groups excluding carboxylic acids is 2. The summed E-state index contributed by atoms with van der Waals surface area (Å²) in [6.45, 7) is 0.987. The number of rotatable bonds is 6. The van der Waals surface area contributed by atoms with Crippen molar-refractivity contribution in [3.63, 3.8) is 0 Å². The molecule has 2 amide bonds. The number of piperidine rings is 1. The Hall–Kier alpha value is -4.26. The van der Waals surface area contributed by atoms with Crippen molar-refractivity contribution in [2.45, 2.75) is 36.2 Å². The molecule has 4 aromatic rings. The number of likely N-dealkylation sites (tertiary alicyclic amines) is 1. The van der Waals surface area contributed by atoms with Gasteiger partial charge in [-0.15, -0.1) is 0 Å². The molecule has 208 valence electrons. The van der Waals surface area contributed by atoms with E-state index in [0.717, 1.165) is 36.1 Å². The first-order valence-corrected chi connectivity index (χ1v) is 14.4. The smallest absolute Gasteiger partial charge is 0.409 e. The van der Waals surface area contributed by atoms with Gasteiger partial charge in [0.1, 0.15) is 5.75 Å². The maximum Gasteiger partial charge on any atom is 0.440 e. The molecule has 0 aliphatic carbocycles. The zero-order valence-corrected chi connectivity index (χ0v) is 22.7. The highest BCUT2D eigenvalue weighted by Crippen LogP contribution is 2.28. The van der Waals surface area contributed by atoms with E-state index < -0.39 is 16.1 Å². The van der Waals surface area contributed by atoms with Crippen LogP contribution in [0.1, 0.15) is 30.9 Å². The van der Waals surface area contributed by atoms with Crippen LogP contribution >= 0.6 is 0 Å². The van der Waals surface area contributed by atoms with E-state index >= 15 is 0 Å². The van der Waals surface area contributed by atoms with Crippen LogP contribution in [0.4, 0.5) is 15.3 Å². The average Bonchev–Trinajstić information content (AvgIpc) is 3.36. The van der Waals surface area contributed by atoms with Crippen LogP contribution in [0, 0.1) is 0 Å². The fourth-order valence-corrected chi connectivity index (χ4v) is 5.51. The number of likely N-dealkylation sites (N-methyl/N-ethyl adjacent to an activating group) is 1. The Labute approximate surface area is 232 Å². The van der Waals surface area contributed by atoms with E-state index in [1.54, 1.807) is 18.2 Å². The third kappa shape index (κ3) is 6.14. The van der Waals surface area contributed by atoms with Crippen molar-refractivity contribution in [1.29, 1.82) is 0 Å². The number of ether oxygens (including phenoxy) is 1. The quantitative estimate of drug-likeness (QED) is 0.321. The lowest BCUT2D eigenvalue weighted by Crippen LogP contribution is -2.47. The van der Waals surface area contributed by atoms with Crippen LogP contribution in [-0.2, 0) is 10.0 Å². The molecule has 2 atom stereocenters. The molecule has 1 aliphatic rings. The zero-order chi connectivity index (χ0) is 28.3. The lowest BCUT2D eigenvalue weighted by atomic mass is 9.91. The zero-order valence-electron chi connectivity index (χ0n) is 21.9. The Bertz CT molecular complexity index is 1620. The molecule has 3 aromatic carbocycles. The van der Waals surface area contributed by atoms with Crippen LogP contribution in [0.5, 0.6) is 5.75 Å². The van der Waals surface area contributed by atoms with Crippen molar-refractivity contribution < 1.29 is 22.7 Å². The molecule has 4 N–H and O–H groups in total. The normalized spacial score (nSPS) is 16.8. The Kier molecular flexibility index (Phi) is 7.83. The molecule has 12 heteroatoms. The summed E-state index contributed by atoms with van der Waals surface area (Å²) in [5.74, 6) is 0.132. The highest BCUT2D eigenvalue weighted by Gasteiger charge is 2.30. The number of nitrogens with zero attached hydrogens (tertiary/aromatic N) is 3. The predicted octanol–water partition coefficient (Wildman–Crippen LogP) is 4.08. The van der Waals surface area contributed by atoms with Gasteiger partial charge in [0.2, 0.25) is 10.0 Å². The van der Waals surface area contributed by atoms with Crippen LogP contribution in [0.25, 0.3) is 10.9 Å². The number of primary sulfonamides is 1. The Balaban J connectivity index is 1.28. The van der Waals surface area contributed by atoms with Gasteiger partial charge in [0.05, 0.1) is 22.7 Å². The van der Waals surface area contributed by atoms with Gasteiger partial charge in [0, 0.05) is 17.1 Å². The van der Waals surface area contributed by atoms with Gasteiger partial charge in [-0.2, -0.15) is 9.78 Å². The van der Waals surface area contributed by atoms with Crippen molar-refractivity contribution >= 4 is 38.7 Å². The first-order valence-electron chi connectivity index (χ1n) is 12.8. The second-order valence-electron chi connectivity index (χ2n) is 9.74. The number of urea groups is 1. The summed E-state index contributed by atoms with van der Waals surface area (Å²) in [6, 6.07) is 19.9. The van der Waals surface area contributed by atoms with Crippen LogP contribution in [0.15, 0.2) is 83.9 Å². The lowest BCUT2D eigenvalue weighted by Gasteiger charge is -2.38. The maximum atomic E-state index is 13.1. The summed E-state index contributed by atoms with van der Waals surface area (Å²) in [5, 5.41) is 15.9. The first-order chi connectivity index (χ1) is 19.2. The van der Waals surface area contributed by atoms with Crippen LogP contribution in [0.3, 0.4) is 0 Å². The second-order valence-corrected chi connectivity index (χ2v) is 11.3. The molecular formula is C28H30N6O5S. The van der Waals surface area contributed by atoms with Crippen molar-refractivity contribution in [3.8, 4) is 5.75 Å². The number of anilines is 1. The van der Waals surface area contributed by atoms with E-state index in [1.165, 1.54) is 30.5 Å². The Morgan fingerprint density at radius 3 is 2.50 bits per heavy atom. The van der Waals surface area contributed by atoms with Crippen molar-refractivity contribution in [2.75, 3.05) is 18.9 Å². The molecule has 0 spiro atoms. The molecule has 1 fully saturated rings. The average molecular weight is 563 g/mol. The summed E-state index contributed by atoms with van der Waals surface area (Å²) < 4.78 is 29.2. The molecule has 0 radical (unpaired) electrons. The van der Waals surface area contributed by atoms with E-state index in [0.29, 0.717) is 16.6 Å². The number of sulfonamides is 1. The highest BCUT2D eigenvalue weighted by atomic mass is 32.2. The monoisotopic (exact) mass is 562 g/mol. The number of hydrogen-bond donors (Lipinski definition) is 3. The van der Waals surface area contributed by atoms with Gasteiger partial charge in [-0.3, -0.25) is 0 Å². The topological polar surface area (TPSA) is 149 Å². The third-order valence-corrected chi connectivity index (χ3v) is 7.94. The molecule has 40 heavy (non-hydrogen) atoms. The van der Waals surface area contributed by atoms with Crippen molar-refractivity contribution in [3.05, 3.63) is 84.6 Å². The standard InChI is InChI=1S/C28H30N6O5S/c1-33-16-6-5-9-25(33)26(19-7-3-2-4-8-19)32-27(35)31-21-10-15-24-20(17-21)18-30-34(24)28(36)39-22-11-13-23(14-12-22)40(29,37)38/h2-4,7-8,10-15,17-18,25-26H,5-6,9,16H2,1H3,(H2,29,37,38)(H2,31,32,35). The number of nitrogens with one attached hydrogen (secondary N) is 2. The molecular weight excluding hydrogens is 532 g/mol. The number of aromatic nitrogens is 2. The fourth-order valence-electron chi connectivity index (χ4n) is 4.99. The molecule has 11 nitrogen and oxygen atoms in total. The number of fused-ring (bicyclic) bond motifs is 1. The molecule has 5 rings (SSSR count). The number of carbonyl (C=O) groups is 2. The van der Waals surface area contributed by atoms with Crippen molar-refractivity contribution in [1.82, 2.24) is 20.0 Å². The van der Waals surface area contributed by atoms with Gasteiger partial charge in [-0.25, -0.2) is 23.1 Å². The number of amides is 2. The molecule has 2 unspecified atom stereocenters. The minimum Gasteiger partial charge on any atom is -0.409 e. The maximum absolute atomic E-state index is 13.1. The van der Waals surface area contributed by atoms with Gasteiger partial charge >= 0.3 is 12.1 Å². The highest BCUT2D eigenvalue weighted by molar-refractivity contribution is 7.89. The van der Waals surface area contributed by atoms with Crippen molar-refractivity contribution in [2.24, 2.45) is 5.14 Å². The van der Waals surface area contributed by atoms with Gasteiger partial charge in [0.25, 0.3) is 0 Å². The van der Waals surface area contributed by atoms with Gasteiger partial charge in [-0.1, -0.05) is 36.8 Å². The fraction of sp³-hybridized carbons (Fsp3) is 0.250. The van der Waals surface area contributed by atoms with E-state index in [2.05, 4.69) is 27.7 Å². The summed E-state index contributed by atoms with van der Waals surface area (Å²) >= 11 is 0. The minimum atomic E-state index is -3.86. The van der Waals surface area contributed by atoms with Crippen LogP contribution in [-0.4, -0.2) is 54.9 Å². The third-order valence-electron chi connectivity index (χ3n) is 7.01. The van der Waals surface area contributed by atoms with Crippen LogP contribution < -0.4 is 20.5 Å².